The van der Waals surface area contributed by atoms with E-state index in [1.807, 2.05) is 6.07 Å². The van der Waals surface area contributed by atoms with Crippen LogP contribution in [0.5, 0.6) is 5.75 Å². The summed E-state index contributed by atoms with van der Waals surface area (Å²) < 4.78 is 34.6. The molecular formula is C23H22F2N4O4. The van der Waals surface area contributed by atoms with Gasteiger partial charge in [-0.2, -0.15) is 5.26 Å². The second-order valence-corrected chi connectivity index (χ2v) is 8.15. The third kappa shape index (κ3) is 5.09. The lowest BCUT2D eigenvalue weighted by Crippen LogP contribution is -2.55. The van der Waals surface area contributed by atoms with Crippen LogP contribution in [0, 0.1) is 17.2 Å². The van der Waals surface area contributed by atoms with Crippen LogP contribution in [0.15, 0.2) is 36.5 Å². The normalized spacial score (nSPS) is 19.5. The van der Waals surface area contributed by atoms with Gasteiger partial charge in [0.15, 0.2) is 6.10 Å². The number of aliphatic hydroxyl groups excluding tert-OH is 1. The first-order valence-corrected chi connectivity index (χ1v) is 10.6. The SMILES string of the molecule is N#Cc1cc(-c2ccnc(NC(=O)C3CC3)c2)ccc1O[C@H]1CCN(C(=O)CO)CC1(F)F. The van der Waals surface area contributed by atoms with Crippen LogP contribution in [0.25, 0.3) is 11.1 Å². The van der Waals surface area contributed by atoms with Crippen molar-refractivity contribution in [3.05, 3.63) is 42.1 Å². The van der Waals surface area contributed by atoms with E-state index < -0.39 is 31.1 Å². The van der Waals surface area contributed by atoms with E-state index in [-0.39, 0.29) is 36.1 Å². The van der Waals surface area contributed by atoms with Crippen molar-refractivity contribution in [2.45, 2.75) is 31.3 Å². The van der Waals surface area contributed by atoms with Gasteiger partial charge in [-0.1, -0.05) is 6.07 Å². The van der Waals surface area contributed by atoms with Gasteiger partial charge in [-0.05, 0) is 48.2 Å². The molecule has 0 bridgehead atoms. The van der Waals surface area contributed by atoms with Crippen LogP contribution in [0.4, 0.5) is 14.6 Å². The summed E-state index contributed by atoms with van der Waals surface area (Å²) in [6, 6.07) is 9.99. The summed E-state index contributed by atoms with van der Waals surface area (Å²) >= 11 is 0. The maximum atomic E-state index is 14.6. The summed E-state index contributed by atoms with van der Waals surface area (Å²) in [6.45, 7) is -1.67. The number of nitrogens with one attached hydrogen (secondary N) is 1. The number of carbonyl (C=O) groups is 2. The van der Waals surface area contributed by atoms with E-state index in [1.54, 1.807) is 18.2 Å². The topological polar surface area (TPSA) is 116 Å². The largest absolute Gasteiger partial charge is 0.483 e. The molecule has 2 N–H and O–H groups in total. The van der Waals surface area contributed by atoms with Crippen molar-refractivity contribution in [1.82, 2.24) is 9.88 Å². The molecule has 1 saturated heterocycles. The van der Waals surface area contributed by atoms with Gasteiger partial charge in [-0.25, -0.2) is 13.8 Å². The zero-order valence-corrected chi connectivity index (χ0v) is 17.6. The number of hydrogen-bond donors (Lipinski definition) is 2. The van der Waals surface area contributed by atoms with Crippen molar-refractivity contribution in [3.8, 4) is 22.9 Å². The minimum absolute atomic E-state index is 0.0178. The second-order valence-electron chi connectivity index (χ2n) is 8.15. The number of pyridine rings is 1. The Morgan fingerprint density at radius 3 is 2.67 bits per heavy atom. The third-order valence-corrected chi connectivity index (χ3v) is 5.68. The molecular weight excluding hydrogens is 434 g/mol. The number of aliphatic hydroxyl groups is 1. The zero-order valence-electron chi connectivity index (χ0n) is 17.6. The van der Waals surface area contributed by atoms with Crippen molar-refractivity contribution in [3.63, 3.8) is 0 Å². The molecule has 1 aromatic heterocycles. The average Bonchev–Trinajstić information content (AvgIpc) is 3.65. The van der Waals surface area contributed by atoms with Gasteiger partial charge in [0.1, 0.15) is 24.2 Å². The third-order valence-electron chi connectivity index (χ3n) is 5.68. The van der Waals surface area contributed by atoms with E-state index >= 15 is 0 Å². The number of ether oxygens (including phenoxy) is 1. The van der Waals surface area contributed by atoms with E-state index in [0.29, 0.717) is 16.9 Å². The predicted molar refractivity (Wildman–Crippen MR) is 113 cm³/mol. The number of anilines is 1. The van der Waals surface area contributed by atoms with Crippen molar-refractivity contribution in [2.24, 2.45) is 5.92 Å². The Kier molecular flexibility index (Phi) is 6.24. The summed E-state index contributed by atoms with van der Waals surface area (Å²) in [5.41, 5.74) is 1.41. The average molecular weight is 456 g/mol. The number of benzene rings is 1. The summed E-state index contributed by atoms with van der Waals surface area (Å²) in [7, 11) is 0. The second kappa shape index (κ2) is 9.11. The minimum atomic E-state index is -3.34. The van der Waals surface area contributed by atoms with Gasteiger partial charge in [0.05, 0.1) is 12.1 Å². The molecule has 0 spiro atoms. The molecule has 2 heterocycles. The van der Waals surface area contributed by atoms with Crippen LogP contribution >= 0.6 is 0 Å². The number of piperidine rings is 1. The van der Waals surface area contributed by atoms with Gasteiger partial charge in [0.2, 0.25) is 11.8 Å². The molecule has 1 atom stereocenters. The van der Waals surface area contributed by atoms with Crippen molar-refractivity contribution in [1.29, 1.82) is 5.26 Å². The van der Waals surface area contributed by atoms with Crippen molar-refractivity contribution >= 4 is 17.6 Å². The molecule has 1 aliphatic heterocycles. The maximum Gasteiger partial charge on any atom is 0.301 e. The quantitative estimate of drug-likeness (QED) is 0.690. The number of rotatable bonds is 6. The number of likely N-dealkylation sites (tertiary alicyclic amines) is 1. The molecule has 1 aromatic carbocycles. The highest BCUT2D eigenvalue weighted by molar-refractivity contribution is 5.93. The lowest BCUT2D eigenvalue weighted by Gasteiger charge is -2.38. The number of nitrogens with zero attached hydrogens (tertiary/aromatic N) is 3. The highest BCUT2D eigenvalue weighted by atomic mass is 19.3. The molecule has 10 heteroatoms. The van der Waals surface area contributed by atoms with Gasteiger partial charge in [0.25, 0.3) is 0 Å². The summed E-state index contributed by atoms with van der Waals surface area (Å²) in [5, 5.41) is 21.2. The van der Waals surface area contributed by atoms with Crippen LogP contribution in [-0.4, -0.2) is 58.5 Å². The first-order chi connectivity index (χ1) is 15.8. The molecule has 1 aliphatic carbocycles. The van der Waals surface area contributed by atoms with E-state index in [0.717, 1.165) is 17.7 Å². The summed E-state index contributed by atoms with van der Waals surface area (Å²) in [6.07, 6.45) is 1.63. The standard InChI is InChI=1S/C23H22F2N4O4/c24-23(25)13-29(21(31)12-30)8-6-19(23)33-18-4-3-15(9-17(18)11-26)16-5-7-27-20(10-16)28-22(32)14-1-2-14/h3-5,7,9-10,14,19,30H,1-2,6,8,12-13H2,(H,27,28,32)/t19-/m0/s1. The number of carbonyl (C=O) groups excluding carboxylic acids is 2. The van der Waals surface area contributed by atoms with E-state index in [4.69, 9.17) is 9.84 Å². The fourth-order valence-corrected chi connectivity index (χ4v) is 3.68. The molecule has 2 fully saturated rings. The highest BCUT2D eigenvalue weighted by Gasteiger charge is 2.47. The molecule has 0 unspecified atom stereocenters. The predicted octanol–water partition coefficient (Wildman–Crippen LogP) is 2.58. The molecule has 2 aliphatic rings. The number of amides is 2. The summed E-state index contributed by atoms with van der Waals surface area (Å²) in [5.74, 6) is -3.73. The molecule has 172 valence electrons. The van der Waals surface area contributed by atoms with E-state index in [9.17, 15) is 23.6 Å². The smallest absolute Gasteiger partial charge is 0.301 e. The van der Waals surface area contributed by atoms with Gasteiger partial charge in [-0.15, -0.1) is 0 Å². The molecule has 2 aromatic rings. The van der Waals surface area contributed by atoms with Crippen LogP contribution in [-0.2, 0) is 9.59 Å². The Morgan fingerprint density at radius 1 is 1.24 bits per heavy atom. The number of alkyl halides is 2. The Bertz CT molecular complexity index is 1110. The monoisotopic (exact) mass is 456 g/mol. The Balaban J connectivity index is 1.50. The van der Waals surface area contributed by atoms with E-state index in [2.05, 4.69) is 10.3 Å². The first kappa shape index (κ1) is 22.6. The van der Waals surface area contributed by atoms with Crippen LogP contribution in [0.1, 0.15) is 24.8 Å². The molecule has 0 radical (unpaired) electrons. The van der Waals surface area contributed by atoms with E-state index in [1.165, 1.54) is 18.3 Å². The van der Waals surface area contributed by atoms with Crippen molar-refractivity contribution < 1.29 is 28.2 Å². The first-order valence-electron chi connectivity index (χ1n) is 10.6. The van der Waals surface area contributed by atoms with Gasteiger partial charge >= 0.3 is 5.92 Å². The Morgan fingerprint density at radius 2 is 2.00 bits per heavy atom. The number of nitriles is 1. The zero-order chi connectivity index (χ0) is 23.6. The minimum Gasteiger partial charge on any atom is -0.483 e. The fourth-order valence-electron chi connectivity index (χ4n) is 3.68. The summed E-state index contributed by atoms with van der Waals surface area (Å²) in [4.78, 5) is 28.6. The Hall–Kier alpha value is -3.58. The van der Waals surface area contributed by atoms with Crippen molar-refractivity contribution in [2.75, 3.05) is 25.0 Å². The number of aromatic nitrogens is 1. The molecule has 33 heavy (non-hydrogen) atoms. The van der Waals surface area contributed by atoms with Crippen LogP contribution < -0.4 is 10.1 Å². The number of halogens is 2. The molecule has 2 amide bonds. The van der Waals surface area contributed by atoms with Gasteiger partial charge < -0.3 is 20.1 Å². The fraction of sp³-hybridized carbons (Fsp3) is 0.391. The Labute approximate surface area is 188 Å². The van der Waals surface area contributed by atoms with Crippen LogP contribution in [0.2, 0.25) is 0 Å². The lowest BCUT2D eigenvalue weighted by atomic mass is 10.0. The lowest BCUT2D eigenvalue weighted by molar-refractivity contribution is -0.161. The number of hydrogen-bond acceptors (Lipinski definition) is 6. The van der Waals surface area contributed by atoms with Gasteiger partial charge in [-0.3, -0.25) is 9.59 Å². The van der Waals surface area contributed by atoms with Crippen LogP contribution in [0.3, 0.4) is 0 Å². The molecule has 4 rings (SSSR count). The van der Waals surface area contributed by atoms with Gasteiger partial charge in [0, 0.05) is 25.1 Å². The molecule has 8 nitrogen and oxygen atoms in total. The highest BCUT2D eigenvalue weighted by Crippen LogP contribution is 2.34. The maximum absolute atomic E-state index is 14.6. The molecule has 1 saturated carbocycles.